The van der Waals surface area contributed by atoms with E-state index in [1.54, 1.807) is 6.07 Å². The van der Waals surface area contributed by atoms with Crippen molar-refractivity contribution < 1.29 is 19.4 Å². The van der Waals surface area contributed by atoms with E-state index in [0.29, 0.717) is 24.1 Å². The summed E-state index contributed by atoms with van der Waals surface area (Å²) in [6, 6.07) is 14.3. The van der Waals surface area contributed by atoms with Gasteiger partial charge in [-0.3, -0.25) is 4.68 Å². The summed E-state index contributed by atoms with van der Waals surface area (Å²) in [5, 5.41) is 15.4. The fourth-order valence-electron chi connectivity index (χ4n) is 7.10. The first-order valence-electron chi connectivity index (χ1n) is 14.9. The molecule has 0 atom stereocenters. The number of carbonyl (C=O) groups is 1. The lowest BCUT2D eigenvalue weighted by atomic mass is 9.81. The molecule has 4 aromatic rings. The minimum absolute atomic E-state index is 0.332. The van der Waals surface area contributed by atoms with Crippen LogP contribution in [0.15, 0.2) is 42.5 Å². The van der Waals surface area contributed by atoms with Gasteiger partial charge in [0.2, 0.25) is 0 Å². The van der Waals surface area contributed by atoms with Gasteiger partial charge in [-0.2, -0.15) is 5.10 Å². The first kappa shape index (κ1) is 26.0. The van der Waals surface area contributed by atoms with Crippen LogP contribution in [0, 0.1) is 5.92 Å². The van der Waals surface area contributed by atoms with Gasteiger partial charge >= 0.3 is 6.16 Å². The van der Waals surface area contributed by atoms with E-state index in [9.17, 15) is 9.90 Å². The number of allylic oxidation sites excluding steroid dienone is 1. The summed E-state index contributed by atoms with van der Waals surface area (Å²) < 4.78 is 15.0. The fourth-order valence-corrected chi connectivity index (χ4v) is 7.10. The molecular formula is C33H36N4O4. The molecule has 41 heavy (non-hydrogen) atoms. The maximum absolute atomic E-state index is 11.4. The van der Waals surface area contributed by atoms with Gasteiger partial charge in [0.05, 0.1) is 17.8 Å². The van der Waals surface area contributed by atoms with E-state index in [0.717, 1.165) is 60.8 Å². The minimum atomic E-state index is -1.31. The number of carboxylic acid groups (broad SMARTS) is 1. The Balaban J connectivity index is 1.38. The lowest BCUT2D eigenvalue weighted by Gasteiger charge is -2.24. The smallest absolute Gasteiger partial charge is 0.449 e. The van der Waals surface area contributed by atoms with Gasteiger partial charge in [-0.1, -0.05) is 43.5 Å². The third kappa shape index (κ3) is 4.95. The van der Waals surface area contributed by atoms with Crippen molar-refractivity contribution in [2.75, 3.05) is 13.2 Å². The zero-order valence-corrected chi connectivity index (χ0v) is 23.5. The lowest BCUT2D eigenvalue weighted by molar-refractivity contribution is 0.0657. The molecule has 3 aliphatic rings. The van der Waals surface area contributed by atoms with Crippen molar-refractivity contribution in [3.05, 3.63) is 65.2 Å². The van der Waals surface area contributed by atoms with Gasteiger partial charge in [0, 0.05) is 49.3 Å². The van der Waals surface area contributed by atoms with Gasteiger partial charge in [-0.15, -0.1) is 0 Å². The number of fused-ring (bicyclic) bond motifs is 5. The Bertz CT molecular complexity index is 1640. The number of aryl methyl sites for hydroxylation is 1. The number of nitrogens with zero attached hydrogens (tertiary/aromatic N) is 4. The van der Waals surface area contributed by atoms with Gasteiger partial charge in [-0.05, 0) is 66.9 Å². The number of hydrogen-bond donors (Lipinski definition) is 1. The zero-order chi connectivity index (χ0) is 27.9. The fraction of sp³-hybridized carbons (Fsp3) is 0.424. The van der Waals surface area contributed by atoms with Crippen LogP contribution in [0.2, 0.25) is 0 Å². The van der Waals surface area contributed by atoms with Gasteiger partial charge in [0.15, 0.2) is 5.82 Å². The van der Waals surface area contributed by atoms with Crippen molar-refractivity contribution in [3.8, 4) is 17.0 Å². The third-order valence-electron chi connectivity index (χ3n) is 9.12. The Morgan fingerprint density at radius 3 is 2.68 bits per heavy atom. The molecule has 1 saturated heterocycles. The second-order valence-corrected chi connectivity index (χ2v) is 11.7. The zero-order valence-electron chi connectivity index (χ0n) is 23.5. The lowest BCUT2D eigenvalue weighted by Crippen LogP contribution is -2.19. The van der Waals surface area contributed by atoms with Crippen molar-refractivity contribution in [2.24, 2.45) is 13.0 Å². The molecule has 4 heterocycles. The van der Waals surface area contributed by atoms with Crippen LogP contribution in [0.4, 0.5) is 4.79 Å². The van der Waals surface area contributed by atoms with Crippen molar-refractivity contribution in [2.45, 2.75) is 63.8 Å². The summed E-state index contributed by atoms with van der Waals surface area (Å²) in [7, 11) is 1.99. The van der Waals surface area contributed by atoms with E-state index >= 15 is 0 Å². The van der Waals surface area contributed by atoms with Crippen LogP contribution in [0.1, 0.15) is 73.6 Å². The number of ether oxygens (including phenoxy) is 2. The van der Waals surface area contributed by atoms with Crippen LogP contribution in [0.3, 0.4) is 0 Å². The normalized spacial score (nSPS) is 18.0. The SMILES string of the molecule is Cn1nc(C2=Cc3ccccc3-c3c(C4CCCCC4)c4ccc(OC(=O)O)cc4n3C2)nc1CC1CCOCC1. The standard InChI is InChI=1S/C33H36N4O4/c1-36-29(17-21-13-15-40-16-14-21)34-32(35-36)24-18-23-9-5-6-10-26(23)31-30(22-7-3-2-4-8-22)27-12-11-25(41-33(38)39)19-28(27)37(31)20-24/h5-6,9-12,18-19,21-22H,2-4,7-8,13-17,20H2,1H3,(H,38,39). The van der Waals surface area contributed by atoms with Crippen LogP contribution in [0.25, 0.3) is 33.8 Å². The van der Waals surface area contributed by atoms with Crippen molar-refractivity contribution in [1.82, 2.24) is 19.3 Å². The molecule has 2 fully saturated rings. The molecule has 0 spiro atoms. The van der Waals surface area contributed by atoms with Crippen molar-refractivity contribution >= 4 is 28.7 Å². The predicted octanol–water partition coefficient (Wildman–Crippen LogP) is 7.06. The average molecular weight is 553 g/mol. The number of rotatable bonds is 5. The van der Waals surface area contributed by atoms with Crippen molar-refractivity contribution in [3.63, 3.8) is 0 Å². The number of hydrogen-bond acceptors (Lipinski definition) is 5. The highest BCUT2D eigenvalue weighted by atomic mass is 16.7. The Labute approximate surface area is 239 Å². The molecule has 8 heteroatoms. The molecule has 2 aromatic carbocycles. The minimum Gasteiger partial charge on any atom is -0.449 e. The molecule has 1 N–H and O–H groups in total. The van der Waals surface area contributed by atoms with Gasteiger partial charge < -0.3 is 19.1 Å². The number of aromatic nitrogens is 4. The molecule has 0 bridgehead atoms. The molecule has 212 valence electrons. The monoisotopic (exact) mass is 552 g/mol. The summed E-state index contributed by atoms with van der Waals surface area (Å²) in [5.74, 6) is 3.11. The van der Waals surface area contributed by atoms with Crippen LogP contribution < -0.4 is 4.74 Å². The molecule has 8 nitrogen and oxygen atoms in total. The first-order chi connectivity index (χ1) is 20.0. The summed E-state index contributed by atoms with van der Waals surface area (Å²) >= 11 is 0. The van der Waals surface area contributed by atoms with E-state index in [-0.39, 0.29) is 0 Å². The highest BCUT2D eigenvalue weighted by molar-refractivity contribution is 5.98. The van der Waals surface area contributed by atoms with Crippen LogP contribution in [-0.4, -0.2) is 43.8 Å². The maximum Gasteiger partial charge on any atom is 0.511 e. The van der Waals surface area contributed by atoms with Gasteiger partial charge in [0.1, 0.15) is 11.6 Å². The summed E-state index contributed by atoms with van der Waals surface area (Å²) in [4.78, 5) is 16.5. The summed E-state index contributed by atoms with van der Waals surface area (Å²) in [6.45, 7) is 2.22. The molecule has 0 radical (unpaired) electrons. The van der Waals surface area contributed by atoms with E-state index < -0.39 is 6.16 Å². The molecule has 1 saturated carbocycles. The van der Waals surface area contributed by atoms with Crippen LogP contribution >= 0.6 is 0 Å². The van der Waals surface area contributed by atoms with Crippen LogP contribution in [-0.2, 0) is 24.8 Å². The Hall–Kier alpha value is -3.91. The van der Waals surface area contributed by atoms with Crippen LogP contribution in [0.5, 0.6) is 5.75 Å². The number of benzene rings is 2. The highest BCUT2D eigenvalue weighted by Crippen LogP contribution is 2.47. The van der Waals surface area contributed by atoms with Gasteiger partial charge in [0.25, 0.3) is 0 Å². The topological polar surface area (TPSA) is 91.4 Å². The largest absolute Gasteiger partial charge is 0.511 e. The van der Waals surface area contributed by atoms with E-state index in [4.69, 9.17) is 19.6 Å². The Morgan fingerprint density at radius 1 is 1.07 bits per heavy atom. The Morgan fingerprint density at radius 2 is 1.88 bits per heavy atom. The molecule has 0 unspecified atom stereocenters. The van der Waals surface area contributed by atoms with E-state index in [2.05, 4.69) is 41.0 Å². The molecule has 7 rings (SSSR count). The van der Waals surface area contributed by atoms with E-state index in [1.807, 2.05) is 17.8 Å². The Kier molecular flexibility index (Phi) is 6.87. The molecule has 0 amide bonds. The quantitative estimate of drug-likeness (QED) is 0.210. The molecule has 2 aliphatic heterocycles. The third-order valence-corrected chi connectivity index (χ3v) is 9.12. The van der Waals surface area contributed by atoms with E-state index in [1.165, 1.54) is 54.3 Å². The molecule has 2 aromatic heterocycles. The molecule has 1 aliphatic carbocycles. The van der Waals surface area contributed by atoms with Crippen molar-refractivity contribution in [1.29, 1.82) is 0 Å². The average Bonchev–Trinajstić information content (AvgIpc) is 3.44. The second kappa shape index (κ2) is 10.8. The summed E-state index contributed by atoms with van der Waals surface area (Å²) in [6.07, 6.45) is 10.0. The predicted molar refractivity (Wildman–Crippen MR) is 158 cm³/mol. The summed E-state index contributed by atoms with van der Waals surface area (Å²) in [5.41, 5.74) is 6.97. The first-order valence-corrected chi connectivity index (χ1v) is 14.9. The highest BCUT2D eigenvalue weighted by Gasteiger charge is 2.30. The second-order valence-electron chi connectivity index (χ2n) is 11.7. The van der Waals surface area contributed by atoms with Gasteiger partial charge in [-0.25, -0.2) is 9.78 Å². The maximum atomic E-state index is 11.4. The molecular weight excluding hydrogens is 516 g/mol.